The van der Waals surface area contributed by atoms with Gasteiger partial charge in [-0.25, -0.2) is 9.97 Å². The fourth-order valence-electron chi connectivity index (χ4n) is 6.79. The van der Waals surface area contributed by atoms with E-state index in [9.17, 15) is 0 Å². The van der Waals surface area contributed by atoms with E-state index in [1.807, 2.05) is 0 Å². The molecule has 2 aliphatic heterocycles. The Morgan fingerprint density at radius 2 is 0.800 bits per heavy atom. The first-order chi connectivity index (χ1) is 24.6. The smallest absolute Gasteiger partial charge is 0.0737 e. The van der Waals surface area contributed by atoms with Crippen molar-refractivity contribution in [3.63, 3.8) is 0 Å². The molecule has 0 atom stereocenters. The Kier molecular flexibility index (Phi) is 8.30. The number of thiophene rings is 1. The summed E-state index contributed by atoms with van der Waals surface area (Å²) in [5.41, 5.74) is 14.6. The highest BCUT2D eigenvalue weighted by Crippen LogP contribution is 2.41. The summed E-state index contributed by atoms with van der Waals surface area (Å²) >= 11 is 6.58. The van der Waals surface area contributed by atoms with Crippen LogP contribution in [-0.4, -0.2) is 15.0 Å². The number of hydrogen-bond donors (Lipinski definition) is 1. The molecule has 0 fully saturated rings. The van der Waals surface area contributed by atoms with E-state index in [0.29, 0.717) is 0 Å². The summed E-state index contributed by atoms with van der Waals surface area (Å²) in [6.45, 7) is 0. The maximum absolute atomic E-state index is 5.41. The van der Waals surface area contributed by atoms with Crippen molar-refractivity contribution in [2.24, 2.45) is 0 Å². The summed E-state index contributed by atoms with van der Waals surface area (Å²) in [7, 11) is 0. The van der Waals surface area contributed by atoms with Gasteiger partial charge in [0.05, 0.1) is 22.8 Å². The maximum atomic E-state index is 5.41. The molecule has 238 valence electrons. The number of aromatic amines is 1. The normalized spacial score (nSPS) is 12.0. The molecule has 1 N–H and O–H groups in total. The molecule has 50 heavy (non-hydrogen) atoms. The van der Waals surface area contributed by atoms with E-state index in [2.05, 4.69) is 208 Å². The van der Waals surface area contributed by atoms with Crippen molar-refractivity contribution in [2.75, 3.05) is 0 Å². The Morgan fingerprint density at radius 3 is 1.22 bits per heavy atom. The van der Waals surface area contributed by atoms with E-state index in [4.69, 9.17) is 9.97 Å². The van der Waals surface area contributed by atoms with E-state index in [-0.39, 0.29) is 0 Å². The number of H-pyrrole nitrogens is 1. The molecule has 0 amide bonds. The summed E-state index contributed by atoms with van der Waals surface area (Å²) in [6, 6.07) is 47.4. The lowest BCUT2D eigenvalue weighted by atomic mass is 10.0. The summed E-state index contributed by atoms with van der Waals surface area (Å²) in [5.74, 6) is 0. The standard InChI is InChI=1S/C44H27I2N3S/c45-31-15-7-13-29(25-31)41-33-17-18-34(47-33)42(30-14-8-16-32(46)26-30)36-20-22-38(49-36)44(28-11-5-2-6-12-28)40-24-23-39(50-40)43(27-9-3-1-4-10-27)37-21-19-35(41)48-37/h1-26,47H. The van der Waals surface area contributed by atoms with Gasteiger partial charge in [0, 0.05) is 49.8 Å². The maximum Gasteiger partial charge on any atom is 0.0737 e. The lowest BCUT2D eigenvalue weighted by Gasteiger charge is -2.07. The lowest BCUT2D eigenvalue weighted by Crippen LogP contribution is -1.89. The van der Waals surface area contributed by atoms with Gasteiger partial charge in [-0.05, 0) is 140 Å². The number of fused-ring (bicyclic) bond motifs is 8. The molecule has 3 nitrogen and oxygen atoms in total. The first-order valence-corrected chi connectivity index (χ1v) is 19.3. The zero-order valence-corrected chi connectivity index (χ0v) is 31.7. The molecule has 0 spiro atoms. The Bertz CT molecular complexity index is 2490. The van der Waals surface area contributed by atoms with Crippen LogP contribution in [0.4, 0.5) is 0 Å². The second-order valence-corrected chi connectivity index (χ2v) is 15.7. The van der Waals surface area contributed by atoms with E-state index in [1.165, 1.54) is 7.14 Å². The largest absolute Gasteiger partial charge is 0.354 e. The van der Waals surface area contributed by atoms with Gasteiger partial charge in [0.1, 0.15) is 0 Å². The third-order valence-electron chi connectivity index (χ3n) is 8.98. The molecule has 0 unspecified atom stereocenters. The van der Waals surface area contributed by atoms with E-state index < -0.39 is 0 Å². The molecule has 4 aromatic carbocycles. The predicted molar refractivity (Wildman–Crippen MR) is 230 cm³/mol. The molecular weight excluding hydrogens is 856 g/mol. The summed E-state index contributed by atoms with van der Waals surface area (Å²) in [4.78, 5) is 14.7. The van der Waals surface area contributed by atoms with E-state index in [0.717, 1.165) is 87.7 Å². The first-order valence-electron chi connectivity index (χ1n) is 16.3. The molecule has 3 aromatic heterocycles. The predicted octanol–water partition coefficient (Wildman–Crippen LogP) is 13.3. The van der Waals surface area contributed by atoms with Crippen molar-refractivity contribution in [3.05, 3.63) is 163 Å². The van der Waals surface area contributed by atoms with Gasteiger partial charge in [0.15, 0.2) is 0 Å². The third kappa shape index (κ3) is 5.85. The fraction of sp³-hybridized carbons (Fsp3) is 0. The van der Waals surface area contributed by atoms with Gasteiger partial charge in [-0.1, -0.05) is 84.9 Å². The second kappa shape index (κ2) is 13.2. The topological polar surface area (TPSA) is 41.6 Å². The van der Waals surface area contributed by atoms with Crippen LogP contribution in [0.15, 0.2) is 133 Å². The van der Waals surface area contributed by atoms with Crippen LogP contribution in [0.1, 0.15) is 22.8 Å². The highest BCUT2D eigenvalue weighted by atomic mass is 127. The first kappa shape index (κ1) is 31.3. The van der Waals surface area contributed by atoms with Crippen LogP contribution in [0, 0.1) is 7.14 Å². The Morgan fingerprint density at radius 1 is 0.400 bits per heavy atom. The Labute approximate surface area is 321 Å². The van der Waals surface area contributed by atoms with Crippen LogP contribution in [0.3, 0.4) is 0 Å². The molecule has 0 radical (unpaired) electrons. The minimum atomic E-state index is 0.925. The third-order valence-corrected chi connectivity index (χ3v) is 11.4. The molecule has 0 saturated heterocycles. The van der Waals surface area contributed by atoms with E-state index in [1.54, 1.807) is 11.3 Å². The van der Waals surface area contributed by atoms with Crippen molar-refractivity contribution < 1.29 is 0 Å². The van der Waals surface area contributed by atoms with Gasteiger partial charge >= 0.3 is 0 Å². The minimum absolute atomic E-state index is 0.925. The van der Waals surface area contributed by atoms with Crippen LogP contribution < -0.4 is 0 Å². The van der Waals surface area contributed by atoms with Crippen LogP contribution in [0.5, 0.6) is 0 Å². The SMILES string of the molecule is Ic1cccc(-c2c3nc(c(-c4ccccc4)c4ccc(s4)c(-c4ccccc4)c4nc(c(-c5cccc(I)c5)c5ccc2[nH]5)C=C4)C=C3)c1. The number of benzene rings is 4. The van der Waals surface area contributed by atoms with Crippen LogP contribution in [0.2, 0.25) is 0 Å². The zero-order chi connectivity index (χ0) is 33.6. The van der Waals surface area contributed by atoms with Crippen molar-refractivity contribution in [1.82, 2.24) is 15.0 Å². The molecule has 0 saturated carbocycles. The Balaban J connectivity index is 1.49. The number of halogens is 2. The van der Waals surface area contributed by atoms with Crippen molar-refractivity contribution in [1.29, 1.82) is 0 Å². The van der Waals surface area contributed by atoms with Gasteiger partial charge < -0.3 is 4.98 Å². The minimum Gasteiger partial charge on any atom is -0.354 e. The highest BCUT2D eigenvalue weighted by molar-refractivity contribution is 14.1. The average molecular weight is 884 g/mol. The van der Waals surface area contributed by atoms with E-state index >= 15 is 0 Å². The van der Waals surface area contributed by atoms with Gasteiger partial charge in [-0.3, -0.25) is 0 Å². The van der Waals surface area contributed by atoms with Crippen molar-refractivity contribution in [3.8, 4) is 44.5 Å². The fourth-order valence-corrected chi connectivity index (χ4v) is 9.03. The number of rotatable bonds is 4. The van der Waals surface area contributed by atoms with Gasteiger partial charge in [-0.15, -0.1) is 11.3 Å². The quantitative estimate of drug-likeness (QED) is 0.179. The van der Waals surface area contributed by atoms with Crippen molar-refractivity contribution >= 4 is 101 Å². The van der Waals surface area contributed by atoms with Gasteiger partial charge in [-0.2, -0.15) is 0 Å². The van der Waals surface area contributed by atoms with Gasteiger partial charge in [0.2, 0.25) is 0 Å². The van der Waals surface area contributed by atoms with Crippen LogP contribution in [0.25, 0.3) is 89.2 Å². The molecule has 8 bridgehead atoms. The summed E-state index contributed by atoms with van der Waals surface area (Å²) < 4.78 is 4.66. The highest BCUT2D eigenvalue weighted by Gasteiger charge is 2.19. The number of nitrogens with one attached hydrogen (secondary N) is 1. The molecule has 5 heterocycles. The van der Waals surface area contributed by atoms with Crippen LogP contribution >= 0.6 is 56.5 Å². The van der Waals surface area contributed by atoms with Gasteiger partial charge in [0.25, 0.3) is 0 Å². The number of hydrogen-bond acceptors (Lipinski definition) is 3. The average Bonchev–Trinajstić information content (AvgIpc) is 3.97. The molecule has 6 heteroatoms. The number of nitrogens with zero attached hydrogens (tertiary/aromatic N) is 2. The lowest BCUT2D eigenvalue weighted by molar-refractivity contribution is 1.32. The second-order valence-electron chi connectivity index (χ2n) is 12.1. The molecular formula is C44H27I2N3S. The Hall–Kier alpha value is -4.64. The number of aromatic nitrogens is 3. The van der Waals surface area contributed by atoms with Crippen LogP contribution in [-0.2, 0) is 0 Å². The summed E-state index contributed by atoms with van der Waals surface area (Å²) in [6.07, 6.45) is 8.67. The monoisotopic (exact) mass is 883 g/mol. The molecule has 2 aliphatic rings. The molecule has 9 rings (SSSR count). The molecule has 7 aromatic rings. The zero-order valence-electron chi connectivity index (χ0n) is 26.6. The molecule has 0 aliphatic carbocycles. The summed E-state index contributed by atoms with van der Waals surface area (Å²) in [5, 5.41) is 0. The van der Waals surface area contributed by atoms with Crippen molar-refractivity contribution in [2.45, 2.75) is 0 Å².